The number of para-hydroxylation sites is 1. The number of hydrogen-bond acceptors (Lipinski definition) is 4. The largest absolute Gasteiger partial charge is 0.352 e. The van der Waals surface area contributed by atoms with Gasteiger partial charge in [0.05, 0.1) is 5.56 Å². The summed E-state index contributed by atoms with van der Waals surface area (Å²) in [6.07, 6.45) is 3.64. The molecule has 0 bridgehead atoms. The SMILES string of the molecule is Cc1cccc(C(C)C)c1Nc1ncc(C(=O)NCCc2ccc(F)cc2)cn1. The van der Waals surface area contributed by atoms with Gasteiger partial charge in [-0.25, -0.2) is 14.4 Å². The zero-order valence-corrected chi connectivity index (χ0v) is 16.9. The topological polar surface area (TPSA) is 66.9 Å². The van der Waals surface area contributed by atoms with Crippen molar-refractivity contribution in [3.05, 3.63) is 82.9 Å². The summed E-state index contributed by atoms with van der Waals surface area (Å²) in [4.78, 5) is 20.9. The number of aromatic nitrogens is 2. The number of nitrogens with one attached hydrogen (secondary N) is 2. The fraction of sp³-hybridized carbons (Fsp3) is 0.261. The molecule has 0 spiro atoms. The van der Waals surface area contributed by atoms with E-state index >= 15 is 0 Å². The van der Waals surface area contributed by atoms with E-state index < -0.39 is 0 Å². The van der Waals surface area contributed by atoms with Crippen LogP contribution in [0, 0.1) is 12.7 Å². The molecule has 150 valence electrons. The molecule has 1 heterocycles. The van der Waals surface area contributed by atoms with Gasteiger partial charge in [-0.15, -0.1) is 0 Å². The van der Waals surface area contributed by atoms with Crippen LogP contribution in [0.15, 0.2) is 54.9 Å². The number of halogens is 1. The number of hydrogen-bond donors (Lipinski definition) is 2. The molecule has 2 N–H and O–H groups in total. The van der Waals surface area contributed by atoms with E-state index in [4.69, 9.17) is 0 Å². The quantitative estimate of drug-likeness (QED) is 0.608. The van der Waals surface area contributed by atoms with Gasteiger partial charge in [0.25, 0.3) is 5.91 Å². The molecule has 0 radical (unpaired) electrons. The molecule has 2 aromatic carbocycles. The predicted molar refractivity (Wildman–Crippen MR) is 113 cm³/mol. The molecule has 0 saturated heterocycles. The number of carbonyl (C=O) groups is 1. The van der Waals surface area contributed by atoms with Gasteiger partial charge < -0.3 is 10.6 Å². The number of aryl methyl sites for hydroxylation is 1. The van der Waals surface area contributed by atoms with E-state index in [2.05, 4.69) is 40.5 Å². The Morgan fingerprint density at radius 1 is 1.07 bits per heavy atom. The smallest absolute Gasteiger partial charge is 0.254 e. The van der Waals surface area contributed by atoms with Gasteiger partial charge in [0.1, 0.15) is 5.82 Å². The van der Waals surface area contributed by atoms with E-state index in [0.717, 1.165) is 16.8 Å². The minimum absolute atomic E-state index is 0.238. The highest BCUT2D eigenvalue weighted by molar-refractivity contribution is 5.93. The summed E-state index contributed by atoms with van der Waals surface area (Å²) in [5.41, 5.74) is 4.66. The van der Waals surface area contributed by atoms with Gasteiger partial charge in [0.15, 0.2) is 0 Å². The predicted octanol–water partition coefficient (Wildman–Crippen LogP) is 4.76. The number of rotatable bonds is 7. The molecule has 29 heavy (non-hydrogen) atoms. The molecule has 1 amide bonds. The first-order chi connectivity index (χ1) is 13.9. The van der Waals surface area contributed by atoms with E-state index in [1.54, 1.807) is 12.1 Å². The summed E-state index contributed by atoms with van der Waals surface area (Å²) in [6.45, 7) is 6.77. The number of carbonyl (C=O) groups excluding carboxylic acids is 1. The van der Waals surface area contributed by atoms with E-state index in [1.165, 1.54) is 30.1 Å². The lowest BCUT2D eigenvalue weighted by molar-refractivity contribution is 0.0953. The summed E-state index contributed by atoms with van der Waals surface area (Å²) in [5.74, 6) is 0.305. The van der Waals surface area contributed by atoms with Gasteiger partial charge in [-0.2, -0.15) is 0 Å². The molecule has 1 aromatic heterocycles. The van der Waals surface area contributed by atoms with Crippen LogP contribution < -0.4 is 10.6 Å². The van der Waals surface area contributed by atoms with Crippen molar-refractivity contribution in [2.24, 2.45) is 0 Å². The Morgan fingerprint density at radius 2 is 1.76 bits per heavy atom. The molecule has 5 nitrogen and oxygen atoms in total. The number of benzene rings is 2. The fourth-order valence-corrected chi connectivity index (χ4v) is 3.04. The second-order valence-corrected chi connectivity index (χ2v) is 7.25. The number of amides is 1. The Hall–Kier alpha value is -3.28. The van der Waals surface area contributed by atoms with Gasteiger partial charge in [-0.05, 0) is 48.1 Å². The van der Waals surface area contributed by atoms with Gasteiger partial charge in [-0.3, -0.25) is 4.79 Å². The van der Waals surface area contributed by atoms with Gasteiger partial charge in [-0.1, -0.05) is 44.2 Å². The number of anilines is 2. The third-order valence-corrected chi connectivity index (χ3v) is 4.69. The second kappa shape index (κ2) is 9.28. The highest BCUT2D eigenvalue weighted by Gasteiger charge is 2.11. The second-order valence-electron chi connectivity index (χ2n) is 7.25. The zero-order chi connectivity index (χ0) is 20.8. The molecule has 6 heteroatoms. The molecule has 3 aromatic rings. The first-order valence-corrected chi connectivity index (χ1v) is 9.65. The van der Waals surface area contributed by atoms with Crippen molar-refractivity contribution in [1.82, 2.24) is 15.3 Å². The Morgan fingerprint density at radius 3 is 2.41 bits per heavy atom. The first-order valence-electron chi connectivity index (χ1n) is 9.65. The maximum absolute atomic E-state index is 12.9. The third kappa shape index (κ3) is 5.38. The van der Waals surface area contributed by atoms with Crippen LogP contribution in [0.3, 0.4) is 0 Å². The average molecular weight is 392 g/mol. The maximum atomic E-state index is 12.9. The lowest BCUT2D eigenvalue weighted by Gasteiger charge is -2.16. The minimum atomic E-state index is -0.269. The maximum Gasteiger partial charge on any atom is 0.254 e. The van der Waals surface area contributed by atoms with Crippen molar-refractivity contribution in [2.75, 3.05) is 11.9 Å². The van der Waals surface area contributed by atoms with E-state index in [0.29, 0.717) is 30.4 Å². The van der Waals surface area contributed by atoms with Gasteiger partial charge in [0.2, 0.25) is 5.95 Å². The molecule has 3 rings (SSSR count). The molecular weight excluding hydrogens is 367 g/mol. The summed E-state index contributed by atoms with van der Waals surface area (Å²) in [6, 6.07) is 12.4. The Balaban J connectivity index is 1.60. The van der Waals surface area contributed by atoms with Crippen molar-refractivity contribution in [3.63, 3.8) is 0 Å². The summed E-state index contributed by atoms with van der Waals surface area (Å²) < 4.78 is 12.9. The Kier molecular flexibility index (Phi) is 6.54. The lowest BCUT2D eigenvalue weighted by atomic mass is 9.98. The minimum Gasteiger partial charge on any atom is -0.352 e. The van der Waals surface area contributed by atoms with Gasteiger partial charge >= 0.3 is 0 Å². The highest BCUT2D eigenvalue weighted by Crippen LogP contribution is 2.29. The van der Waals surface area contributed by atoms with Crippen molar-refractivity contribution in [1.29, 1.82) is 0 Å². The van der Waals surface area contributed by atoms with Crippen LogP contribution in [-0.4, -0.2) is 22.4 Å². The fourth-order valence-electron chi connectivity index (χ4n) is 3.04. The molecule has 0 aliphatic carbocycles. The molecule has 0 saturated carbocycles. The van der Waals surface area contributed by atoms with Gasteiger partial charge in [0, 0.05) is 24.6 Å². The number of nitrogens with zero attached hydrogens (tertiary/aromatic N) is 2. The van der Waals surface area contributed by atoms with Crippen LogP contribution in [0.4, 0.5) is 16.0 Å². The Labute approximate surface area is 170 Å². The molecule has 0 atom stereocenters. The van der Waals surface area contributed by atoms with E-state index in [1.807, 2.05) is 19.1 Å². The lowest BCUT2D eigenvalue weighted by Crippen LogP contribution is -2.26. The van der Waals surface area contributed by atoms with Crippen LogP contribution in [0.25, 0.3) is 0 Å². The monoisotopic (exact) mass is 392 g/mol. The highest BCUT2D eigenvalue weighted by atomic mass is 19.1. The van der Waals surface area contributed by atoms with Crippen LogP contribution in [0.2, 0.25) is 0 Å². The third-order valence-electron chi connectivity index (χ3n) is 4.69. The van der Waals surface area contributed by atoms with E-state index in [9.17, 15) is 9.18 Å². The molecule has 0 aliphatic heterocycles. The Bertz CT molecular complexity index is 969. The van der Waals surface area contributed by atoms with Crippen molar-refractivity contribution < 1.29 is 9.18 Å². The zero-order valence-electron chi connectivity index (χ0n) is 16.9. The molecule has 0 fully saturated rings. The standard InChI is InChI=1S/C23H25FN4O/c1-15(2)20-6-4-5-16(3)21(20)28-23-26-13-18(14-27-23)22(29)25-12-11-17-7-9-19(24)10-8-17/h4-10,13-15H,11-12H2,1-3H3,(H,25,29)(H,26,27,28). The molecular formula is C23H25FN4O. The normalized spacial score (nSPS) is 10.8. The molecule has 0 unspecified atom stereocenters. The van der Waals surface area contributed by atoms with Crippen LogP contribution in [0.5, 0.6) is 0 Å². The van der Waals surface area contributed by atoms with E-state index in [-0.39, 0.29) is 11.7 Å². The van der Waals surface area contributed by atoms with Crippen LogP contribution >= 0.6 is 0 Å². The van der Waals surface area contributed by atoms with Crippen molar-refractivity contribution >= 4 is 17.5 Å². The summed E-state index contributed by atoms with van der Waals surface area (Å²) >= 11 is 0. The average Bonchev–Trinajstić information content (AvgIpc) is 2.71. The summed E-state index contributed by atoms with van der Waals surface area (Å²) in [7, 11) is 0. The first kappa shape index (κ1) is 20.5. The summed E-state index contributed by atoms with van der Waals surface area (Å²) in [5, 5.41) is 6.10. The van der Waals surface area contributed by atoms with Crippen LogP contribution in [-0.2, 0) is 6.42 Å². The van der Waals surface area contributed by atoms with Crippen molar-refractivity contribution in [3.8, 4) is 0 Å². The van der Waals surface area contributed by atoms with Crippen molar-refractivity contribution in [2.45, 2.75) is 33.1 Å². The van der Waals surface area contributed by atoms with Crippen LogP contribution in [0.1, 0.15) is 46.8 Å². The molecule has 0 aliphatic rings.